The van der Waals surface area contributed by atoms with Gasteiger partial charge in [0.1, 0.15) is 0 Å². The normalized spacial score (nSPS) is 11.8. The molecule has 3 heterocycles. The summed E-state index contributed by atoms with van der Waals surface area (Å²) in [4.78, 5) is 10.4. The molecule has 0 spiro atoms. The first-order chi connectivity index (χ1) is 25.8. The molecule has 0 saturated heterocycles. The monoisotopic (exact) mass is 662 g/mol. The van der Waals surface area contributed by atoms with Gasteiger partial charge in [-0.15, -0.1) is 0 Å². The van der Waals surface area contributed by atoms with Crippen molar-refractivity contribution in [3.8, 4) is 34.0 Å². The van der Waals surface area contributed by atoms with Crippen molar-refractivity contribution in [3.63, 3.8) is 0 Å². The van der Waals surface area contributed by atoms with E-state index in [-0.39, 0.29) is 0 Å². The van der Waals surface area contributed by atoms with Crippen LogP contribution in [0.5, 0.6) is 0 Å². The fourth-order valence-corrected chi connectivity index (χ4v) is 8.10. The van der Waals surface area contributed by atoms with Gasteiger partial charge in [-0.25, -0.2) is 9.97 Å². The van der Waals surface area contributed by atoms with Crippen LogP contribution in [0.4, 0.5) is 0 Å². The molecule has 4 nitrogen and oxygen atoms in total. The van der Waals surface area contributed by atoms with Crippen LogP contribution in [0.3, 0.4) is 0 Å². The summed E-state index contributed by atoms with van der Waals surface area (Å²) < 4.78 is 4.59. The Bertz CT molecular complexity index is 3170. The summed E-state index contributed by atoms with van der Waals surface area (Å²) in [5.74, 6) is 0.669. The Morgan fingerprint density at radius 3 is 1.71 bits per heavy atom. The Kier molecular flexibility index (Phi) is 6.22. The largest absolute Gasteiger partial charge is 0.309 e. The first-order valence-electron chi connectivity index (χ1n) is 17.7. The van der Waals surface area contributed by atoms with Crippen LogP contribution in [0, 0.1) is 0 Å². The summed E-state index contributed by atoms with van der Waals surface area (Å²) in [6, 6.07) is 65.0. The highest BCUT2D eigenvalue weighted by atomic mass is 15.2. The first-order valence-corrected chi connectivity index (χ1v) is 17.7. The molecule has 52 heavy (non-hydrogen) atoms. The van der Waals surface area contributed by atoms with Crippen LogP contribution in [-0.2, 0) is 0 Å². The van der Waals surface area contributed by atoms with Gasteiger partial charge in [-0.3, -0.25) is 4.57 Å². The SMILES string of the molecule is c1ccc(-c2nc(-n3c4ccccc4c4cc5cc(-c6ccc7c(c6)c6ccccc6n7-c6ccccc6)ccc5cc43)nc3ccccc23)cc1. The van der Waals surface area contributed by atoms with Crippen LogP contribution in [0.25, 0.3) is 99.3 Å². The molecule has 0 atom stereocenters. The van der Waals surface area contributed by atoms with E-state index in [0.717, 1.165) is 33.2 Å². The van der Waals surface area contributed by atoms with Crippen molar-refractivity contribution >= 4 is 65.3 Å². The second-order valence-corrected chi connectivity index (χ2v) is 13.5. The van der Waals surface area contributed by atoms with Gasteiger partial charge >= 0.3 is 0 Å². The lowest BCUT2D eigenvalue weighted by atomic mass is 9.98. The zero-order chi connectivity index (χ0) is 34.2. The molecule has 11 aromatic rings. The maximum Gasteiger partial charge on any atom is 0.235 e. The zero-order valence-corrected chi connectivity index (χ0v) is 28.1. The fraction of sp³-hybridized carbons (Fsp3) is 0. The van der Waals surface area contributed by atoms with E-state index in [2.05, 4.69) is 179 Å². The number of aromatic nitrogens is 4. The molecule has 8 aromatic carbocycles. The third-order valence-corrected chi connectivity index (χ3v) is 10.5. The standard InChI is InChI=1S/C48H30N4/c1-3-13-31(14-4-1)47-39-19-7-10-20-42(39)49-48(50-47)52-44-22-12-9-18-38(44)41-29-35-27-32(23-24-34(35)30-46(41)52)33-25-26-45-40(28-33)37-17-8-11-21-43(37)51(45)36-15-5-2-6-16-36/h1-30H. The topological polar surface area (TPSA) is 35.6 Å². The van der Waals surface area contributed by atoms with Gasteiger partial charge in [0, 0.05) is 38.2 Å². The summed E-state index contributed by atoms with van der Waals surface area (Å²) in [6.07, 6.45) is 0. The summed E-state index contributed by atoms with van der Waals surface area (Å²) >= 11 is 0. The third-order valence-electron chi connectivity index (χ3n) is 10.5. The maximum atomic E-state index is 5.27. The number of nitrogens with zero attached hydrogens (tertiary/aromatic N) is 4. The highest BCUT2D eigenvalue weighted by Gasteiger charge is 2.18. The minimum Gasteiger partial charge on any atom is -0.309 e. The van der Waals surface area contributed by atoms with E-state index in [1.807, 2.05) is 12.1 Å². The van der Waals surface area contributed by atoms with Gasteiger partial charge in [0.25, 0.3) is 0 Å². The van der Waals surface area contributed by atoms with Crippen LogP contribution >= 0.6 is 0 Å². The summed E-state index contributed by atoms with van der Waals surface area (Å²) in [5, 5.41) is 8.28. The number of fused-ring (bicyclic) bond motifs is 8. The lowest BCUT2D eigenvalue weighted by molar-refractivity contribution is 1.01. The first kappa shape index (κ1) is 28.8. The number of hydrogen-bond acceptors (Lipinski definition) is 2. The maximum absolute atomic E-state index is 5.27. The van der Waals surface area contributed by atoms with Gasteiger partial charge < -0.3 is 4.57 Å². The Morgan fingerprint density at radius 1 is 0.327 bits per heavy atom. The second kappa shape index (κ2) is 11.2. The number of rotatable bonds is 4. The average Bonchev–Trinajstić information content (AvgIpc) is 3.72. The molecule has 0 aliphatic heterocycles. The number of para-hydroxylation sites is 4. The molecule has 0 bridgehead atoms. The van der Waals surface area contributed by atoms with Crippen molar-refractivity contribution in [1.82, 2.24) is 19.1 Å². The van der Waals surface area contributed by atoms with Gasteiger partial charge in [-0.05, 0) is 82.6 Å². The molecule has 4 heteroatoms. The van der Waals surface area contributed by atoms with Crippen LogP contribution in [0.2, 0.25) is 0 Å². The third kappa shape index (κ3) is 4.34. The molecule has 0 aliphatic rings. The van der Waals surface area contributed by atoms with Crippen LogP contribution < -0.4 is 0 Å². The van der Waals surface area contributed by atoms with Crippen molar-refractivity contribution in [1.29, 1.82) is 0 Å². The summed E-state index contributed by atoms with van der Waals surface area (Å²) in [5.41, 5.74) is 11.1. The van der Waals surface area contributed by atoms with E-state index in [0.29, 0.717) is 5.95 Å². The van der Waals surface area contributed by atoms with E-state index in [4.69, 9.17) is 9.97 Å². The van der Waals surface area contributed by atoms with E-state index < -0.39 is 0 Å². The number of benzene rings is 8. The number of hydrogen-bond donors (Lipinski definition) is 0. The Labute approximate surface area is 299 Å². The van der Waals surface area contributed by atoms with Crippen molar-refractivity contribution in [2.45, 2.75) is 0 Å². The van der Waals surface area contributed by atoms with Crippen LogP contribution in [-0.4, -0.2) is 19.1 Å². The molecular weight excluding hydrogens is 633 g/mol. The molecule has 3 aromatic heterocycles. The van der Waals surface area contributed by atoms with Crippen LogP contribution in [0.1, 0.15) is 0 Å². The van der Waals surface area contributed by atoms with E-state index in [9.17, 15) is 0 Å². The van der Waals surface area contributed by atoms with E-state index >= 15 is 0 Å². The lowest BCUT2D eigenvalue weighted by Crippen LogP contribution is -2.03. The van der Waals surface area contributed by atoms with E-state index in [1.54, 1.807) is 0 Å². The molecule has 0 amide bonds. The minimum absolute atomic E-state index is 0.669. The Balaban J connectivity index is 1.10. The van der Waals surface area contributed by atoms with Gasteiger partial charge in [0.15, 0.2) is 0 Å². The highest BCUT2D eigenvalue weighted by molar-refractivity contribution is 6.14. The molecule has 0 saturated carbocycles. The Morgan fingerprint density at radius 2 is 0.923 bits per heavy atom. The van der Waals surface area contributed by atoms with Crippen molar-refractivity contribution in [2.24, 2.45) is 0 Å². The predicted octanol–water partition coefficient (Wildman–Crippen LogP) is 12.3. The van der Waals surface area contributed by atoms with Crippen molar-refractivity contribution in [2.75, 3.05) is 0 Å². The van der Waals surface area contributed by atoms with Gasteiger partial charge in [-0.2, -0.15) is 0 Å². The quantitative estimate of drug-likeness (QED) is 0.188. The molecule has 0 aliphatic carbocycles. The molecular formula is C48H30N4. The molecule has 0 fully saturated rings. The smallest absolute Gasteiger partial charge is 0.235 e. The van der Waals surface area contributed by atoms with E-state index in [1.165, 1.54) is 60.2 Å². The predicted molar refractivity (Wildman–Crippen MR) is 217 cm³/mol. The molecule has 0 radical (unpaired) electrons. The molecule has 242 valence electrons. The zero-order valence-electron chi connectivity index (χ0n) is 28.1. The summed E-state index contributed by atoms with van der Waals surface area (Å²) in [6.45, 7) is 0. The second-order valence-electron chi connectivity index (χ2n) is 13.5. The van der Waals surface area contributed by atoms with Crippen molar-refractivity contribution in [3.05, 3.63) is 182 Å². The lowest BCUT2D eigenvalue weighted by Gasteiger charge is -2.12. The van der Waals surface area contributed by atoms with Gasteiger partial charge in [0.2, 0.25) is 5.95 Å². The van der Waals surface area contributed by atoms with Gasteiger partial charge in [0.05, 0.1) is 33.3 Å². The van der Waals surface area contributed by atoms with Crippen LogP contribution in [0.15, 0.2) is 182 Å². The summed E-state index contributed by atoms with van der Waals surface area (Å²) in [7, 11) is 0. The van der Waals surface area contributed by atoms with Crippen molar-refractivity contribution < 1.29 is 0 Å². The average molecular weight is 663 g/mol. The molecule has 0 N–H and O–H groups in total. The fourth-order valence-electron chi connectivity index (χ4n) is 8.10. The highest BCUT2D eigenvalue weighted by Crippen LogP contribution is 2.39. The Hall–Kier alpha value is -7.04. The molecule has 11 rings (SSSR count). The minimum atomic E-state index is 0.669. The molecule has 0 unspecified atom stereocenters. The van der Waals surface area contributed by atoms with Gasteiger partial charge in [-0.1, -0.05) is 121 Å².